The van der Waals surface area contributed by atoms with Crippen molar-refractivity contribution in [3.05, 3.63) is 64.7 Å². The maximum Gasteiger partial charge on any atom is 0.335 e. The van der Waals surface area contributed by atoms with Gasteiger partial charge in [-0.2, -0.15) is 0 Å². The summed E-state index contributed by atoms with van der Waals surface area (Å²) in [6.45, 7) is 8.14. The summed E-state index contributed by atoms with van der Waals surface area (Å²) in [4.78, 5) is 23.4. The predicted molar refractivity (Wildman–Crippen MR) is 107 cm³/mol. The van der Waals surface area contributed by atoms with E-state index in [4.69, 9.17) is 17.3 Å². The summed E-state index contributed by atoms with van der Waals surface area (Å²) in [6, 6.07) is 12.0. The van der Waals surface area contributed by atoms with Crippen molar-refractivity contribution in [1.29, 1.82) is 0 Å². The van der Waals surface area contributed by atoms with Crippen LogP contribution in [0.1, 0.15) is 52.6 Å². The van der Waals surface area contributed by atoms with Gasteiger partial charge in [-0.05, 0) is 59.9 Å². The number of aryl methyl sites for hydroxylation is 1. The number of hydrogen-bond acceptors (Lipinski definition) is 3. The SMILES string of the molecule is Cc1ccc(C(=O)O)cc1NC(=S)NC(=O)c1ccc(C(C)(C)C)cc1. The van der Waals surface area contributed by atoms with Crippen LogP contribution in [0.5, 0.6) is 0 Å². The molecule has 2 aromatic carbocycles. The van der Waals surface area contributed by atoms with Gasteiger partial charge in [-0.25, -0.2) is 4.79 Å². The fourth-order valence-corrected chi connectivity index (χ4v) is 2.54. The first-order chi connectivity index (χ1) is 12.1. The Hall–Kier alpha value is -2.73. The Morgan fingerprint density at radius 2 is 1.58 bits per heavy atom. The summed E-state index contributed by atoms with van der Waals surface area (Å²) in [5.41, 5.74) is 3.15. The summed E-state index contributed by atoms with van der Waals surface area (Å²) < 4.78 is 0. The fraction of sp³-hybridized carbons (Fsp3) is 0.250. The summed E-state index contributed by atoms with van der Waals surface area (Å²) >= 11 is 5.18. The maximum absolute atomic E-state index is 12.3. The highest BCUT2D eigenvalue weighted by Gasteiger charge is 2.15. The molecule has 0 atom stereocenters. The number of thiocarbonyl (C=S) groups is 1. The minimum absolute atomic E-state index is 0.0124. The highest BCUT2D eigenvalue weighted by molar-refractivity contribution is 7.80. The Labute approximate surface area is 158 Å². The molecule has 2 aromatic rings. The molecular weight excluding hydrogens is 348 g/mol. The van der Waals surface area contributed by atoms with Gasteiger partial charge in [0.05, 0.1) is 5.56 Å². The molecule has 26 heavy (non-hydrogen) atoms. The Morgan fingerprint density at radius 3 is 2.12 bits per heavy atom. The van der Waals surface area contributed by atoms with Crippen molar-refractivity contribution in [2.45, 2.75) is 33.1 Å². The van der Waals surface area contributed by atoms with Crippen LogP contribution in [0.2, 0.25) is 0 Å². The number of carbonyl (C=O) groups excluding carboxylic acids is 1. The van der Waals surface area contributed by atoms with E-state index in [0.29, 0.717) is 11.3 Å². The van der Waals surface area contributed by atoms with Crippen LogP contribution in [-0.2, 0) is 5.41 Å². The van der Waals surface area contributed by atoms with Crippen LogP contribution in [-0.4, -0.2) is 22.1 Å². The summed E-state index contributed by atoms with van der Waals surface area (Å²) in [5, 5.41) is 14.7. The van der Waals surface area contributed by atoms with Gasteiger partial charge in [-0.3, -0.25) is 10.1 Å². The van der Waals surface area contributed by atoms with Gasteiger partial charge in [0.2, 0.25) is 0 Å². The van der Waals surface area contributed by atoms with Gasteiger partial charge in [0.1, 0.15) is 0 Å². The molecule has 2 rings (SSSR count). The first-order valence-electron chi connectivity index (χ1n) is 8.15. The molecule has 0 bridgehead atoms. The number of hydrogen-bond donors (Lipinski definition) is 3. The third kappa shape index (κ3) is 4.89. The normalized spacial score (nSPS) is 10.9. The largest absolute Gasteiger partial charge is 0.478 e. The molecule has 0 aliphatic rings. The molecule has 0 radical (unpaired) electrons. The molecule has 136 valence electrons. The molecule has 6 heteroatoms. The van der Waals surface area contributed by atoms with Crippen LogP contribution in [0.4, 0.5) is 5.69 Å². The lowest BCUT2D eigenvalue weighted by atomic mass is 9.87. The number of nitrogens with one attached hydrogen (secondary N) is 2. The molecule has 0 saturated carbocycles. The van der Waals surface area contributed by atoms with Crippen molar-refractivity contribution >= 4 is 34.9 Å². The number of rotatable bonds is 3. The minimum atomic E-state index is -1.03. The summed E-state index contributed by atoms with van der Waals surface area (Å²) in [7, 11) is 0. The number of carboxylic acids is 1. The first kappa shape index (κ1) is 19.6. The zero-order chi connectivity index (χ0) is 19.5. The van der Waals surface area contributed by atoms with Crippen molar-refractivity contribution in [2.75, 3.05) is 5.32 Å². The molecule has 0 aromatic heterocycles. The predicted octanol–water partition coefficient (Wildman–Crippen LogP) is 4.12. The standard InChI is InChI=1S/C20H22N2O3S/c1-12-5-6-14(18(24)25)11-16(12)21-19(26)22-17(23)13-7-9-15(10-8-13)20(2,3)4/h5-11H,1-4H3,(H,24,25)(H2,21,22,23,26). The van der Waals surface area contributed by atoms with Gasteiger partial charge in [0, 0.05) is 11.3 Å². The lowest BCUT2D eigenvalue weighted by Crippen LogP contribution is -2.34. The van der Waals surface area contributed by atoms with E-state index < -0.39 is 5.97 Å². The van der Waals surface area contributed by atoms with E-state index in [-0.39, 0.29) is 22.0 Å². The van der Waals surface area contributed by atoms with Crippen molar-refractivity contribution in [1.82, 2.24) is 5.32 Å². The smallest absolute Gasteiger partial charge is 0.335 e. The Kier molecular flexibility index (Phi) is 5.77. The van der Waals surface area contributed by atoms with Crippen molar-refractivity contribution in [3.63, 3.8) is 0 Å². The van der Waals surface area contributed by atoms with Gasteiger partial charge < -0.3 is 10.4 Å². The van der Waals surface area contributed by atoms with Gasteiger partial charge in [0.15, 0.2) is 5.11 Å². The molecule has 0 unspecified atom stereocenters. The Balaban J connectivity index is 2.07. The van der Waals surface area contributed by atoms with E-state index in [2.05, 4.69) is 31.4 Å². The van der Waals surface area contributed by atoms with E-state index in [1.807, 2.05) is 19.1 Å². The summed E-state index contributed by atoms with van der Waals surface area (Å²) in [5.74, 6) is -1.35. The van der Waals surface area contributed by atoms with Gasteiger partial charge in [0.25, 0.3) is 5.91 Å². The molecule has 5 nitrogen and oxygen atoms in total. The zero-order valence-electron chi connectivity index (χ0n) is 15.2. The van der Waals surface area contributed by atoms with Gasteiger partial charge >= 0.3 is 5.97 Å². The zero-order valence-corrected chi connectivity index (χ0v) is 16.0. The second-order valence-electron chi connectivity index (χ2n) is 7.07. The van der Waals surface area contributed by atoms with Crippen LogP contribution < -0.4 is 10.6 Å². The van der Waals surface area contributed by atoms with E-state index >= 15 is 0 Å². The Morgan fingerprint density at radius 1 is 1.00 bits per heavy atom. The molecule has 1 amide bonds. The average molecular weight is 370 g/mol. The monoisotopic (exact) mass is 370 g/mol. The van der Waals surface area contributed by atoms with Gasteiger partial charge in [-0.1, -0.05) is 39.0 Å². The second kappa shape index (κ2) is 7.66. The molecule has 0 spiro atoms. The number of carboxylic acid groups (broad SMARTS) is 1. The van der Waals surface area contributed by atoms with Crippen LogP contribution in [0.3, 0.4) is 0 Å². The number of anilines is 1. The molecule has 0 heterocycles. The minimum Gasteiger partial charge on any atom is -0.478 e. The van der Waals surface area contributed by atoms with Gasteiger partial charge in [-0.15, -0.1) is 0 Å². The topological polar surface area (TPSA) is 78.4 Å². The van der Waals surface area contributed by atoms with E-state index in [0.717, 1.165) is 11.1 Å². The van der Waals surface area contributed by atoms with Crippen LogP contribution >= 0.6 is 12.2 Å². The fourth-order valence-electron chi connectivity index (χ4n) is 2.34. The third-order valence-electron chi connectivity index (χ3n) is 3.97. The molecule has 0 fully saturated rings. The van der Waals surface area contributed by atoms with Crippen LogP contribution in [0.25, 0.3) is 0 Å². The highest BCUT2D eigenvalue weighted by atomic mass is 32.1. The van der Waals surface area contributed by atoms with Crippen LogP contribution in [0.15, 0.2) is 42.5 Å². The number of carbonyl (C=O) groups is 2. The summed E-state index contributed by atoms with van der Waals surface area (Å²) in [6.07, 6.45) is 0. The Bertz CT molecular complexity index is 852. The molecule has 3 N–H and O–H groups in total. The van der Waals surface area contributed by atoms with E-state index in [1.54, 1.807) is 18.2 Å². The van der Waals surface area contributed by atoms with Crippen molar-refractivity contribution in [3.8, 4) is 0 Å². The number of benzene rings is 2. The average Bonchev–Trinajstić information content (AvgIpc) is 2.55. The highest BCUT2D eigenvalue weighted by Crippen LogP contribution is 2.22. The first-order valence-corrected chi connectivity index (χ1v) is 8.55. The lowest BCUT2D eigenvalue weighted by molar-refractivity contribution is 0.0696. The van der Waals surface area contributed by atoms with Crippen molar-refractivity contribution < 1.29 is 14.7 Å². The second-order valence-corrected chi connectivity index (χ2v) is 7.48. The lowest BCUT2D eigenvalue weighted by Gasteiger charge is -2.19. The maximum atomic E-state index is 12.3. The number of aromatic carboxylic acids is 1. The van der Waals surface area contributed by atoms with Crippen LogP contribution in [0, 0.1) is 6.92 Å². The number of amides is 1. The molecule has 0 aliphatic heterocycles. The molecular formula is C20H22N2O3S. The van der Waals surface area contributed by atoms with E-state index in [9.17, 15) is 9.59 Å². The molecule has 0 aliphatic carbocycles. The molecule has 0 saturated heterocycles. The van der Waals surface area contributed by atoms with E-state index in [1.165, 1.54) is 12.1 Å². The third-order valence-corrected chi connectivity index (χ3v) is 4.18. The van der Waals surface area contributed by atoms with Crippen molar-refractivity contribution in [2.24, 2.45) is 0 Å². The quantitative estimate of drug-likeness (QED) is 0.709.